The second-order valence-electron chi connectivity index (χ2n) is 4.26. The number of nitro groups is 1. The number of rotatable bonds is 4. The molecule has 0 atom stereocenters. The first-order valence-electron chi connectivity index (χ1n) is 5.84. The molecule has 7 heteroatoms. The molecular formula is C14H10FNO5. The van der Waals surface area contributed by atoms with E-state index in [2.05, 4.69) is 0 Å². The molecule has 0 unspecified atom stereocenters. The van der Waals surface area contributed by atoms with Crippen LogP contribution in [-0.4, -0.2) is 16.0 Å². The zero-order valence-corrected chi connectivity index (χ0v) is 10.9. The molecule has 0 aromatic heterocycles. The number of aryl methyl sites for hydroxylation is 1. The number of carbonyl (C=O) groups is 1. The van der Waals surface area contributed by atoms with Crippen molar-refractivity contribution < 1.29 is 24.0 Å². The summed E-state index contributed by atoms with van der Waals surface area (Å²) in [6.07, 6.45) is 0. The van der Waals surface area contributed by atoms with Gasteiger partial charge >= 0.3 is 5.97 Å². The second kappa shape index (κ2) is 5.58. The van der Waals surface area contributed by atoms with Crippen LogP contribution in [0.25, 0.3) is 0 Å². The summed E-state index contributed by atoms with van der Waals surface area (Å²) < 4.78 is 18.9. The number of ether oxygens (including phenoxy) is 1. The summed E-state index contributed by atoms with van der Waals surface area (Å²) in [6.45, 7) is 1.68. The topological polar surface area (TPSA) is 89.7 Å². The lowest BCUT2D eigenvalue weighted by atomic mass is 10.2. The van der Waals surface area contributed by atoms with Gasteiger partial charge in [0.25, 0.3) is 5.69 Å². The Morgan fingerprint density at radius 3 is 2.57 bits per heavy atom. The Bertz CT molecular complexity index is 729. The third-order valence-electron chi connectivity index (χ3n) is 2.78. The van der Waals surface area contributed by atoms with Crippen molar-refractivity contribution in [3.63, 3.8) is 0 Å². The van der Waals surface area contributed by atoms with Crippen molar-refractivity contribution in [2.24, 2.45) is 0 Å². The van der Waals surface area contributed by atoms with E-state index in [1.807, 2.05) is 0 Å². The number of hydrogen-bond acceptors (Lipinski definition) is 4. The highest BCUT2D eigenvalue weighted by atomic mass is 19.1. The van der Waals surface area contributed by atoms with E-state index in [-0.39, 0.29) is 17.2 Å². The summed E-state index contributed by atoms with van der Waals surface area (Å²) in [5, 5.41) is 19.4. The van der Waals surface area contributed by atoms with Crippen LogP contribution >= 0.6 is 0 Å². The Kier molecular flexibility index (Phi) is 3.84. The predicted octanol–water partition coefficient (Wildman–Crippen LogP) is 3.53. The van der Waals surface area contributed by atoms with Crippen molar-refractivity contribution >= 4 is 11.7 Å². The maximum Gasteiger partial charge on any atom is 0.338 e. The lowest BCUT2D eigenvalue weighted by Crippen LogP contribution is -2.00. The lowest BCUT2D eigenvalue weighted by molar-refractivity contribution is -0.384. The fourth-order valence-electron chi connectivity index (χ4n) is 1.67. The minimum atomic E-state index is -1.38. The molecule has 0 heterocycles. The third kappa shape index (κ3) is 3.14. The Hall–Kier alpha value is -2.96. The highest BCUT2D eigenvalue weighted by Gasteiger charge is 2.13. The first kappa shape index (κ1) is 14.4. The van der Waals surface area contributed by atoms with Crippen LogP contribution < -0.4 is 4.74 Å². The standard InChI is InChI=1S/C14H10FNO5/c1-8-2-3-9(16(19)20)6-13(8)21-10-4-5-11(14(17)18)12(15)7-10/h2-7H,1H3,(H,17,18). The molecule has 0 fully saturated rings. The van der Waals surface area contributed by atoms with Crippen molar-refractivity contribution in [3.05, 3.63) is 63.5 Å². The zero-order valence-electron chi connectivity index (χ0n) is 10.9. The Morgan fingerprint density at radius 1 is 1.29 bits per heavy atom. The molecule has 2 aromatic carbocycles. The molecule has 108 valence electrons. The van der Waals surface area contributed by atoms with Gasteiger partial charge in [-0.2, -0.15) is 0 Å². The fraction of sp³-hybridized carbons (Fsp3) is 0.0714. The molecule has 21 heavy (non-hydrogen) atoms. The van der Waals surface area contributed by atoms with Gasteiger partial charge in [0, 0.05) is 12.1 Å². The molecule has 0 aliphatic carbocycles. The van der Waals surface area contributed by atoms with E-state index in [4.69, 9.17) is 9.84 Å². The zero-order chi connectivity index (χ0) is 15.6. The van der Waals surface area contributed by atoms with Crippen molar-refractivity contribution in [1.82, 2.24) is 0 Å². The first-order valence-corrected chi connectivity index (χ1v) is 5.84. The van der Waals surface area contributed by atoms with Gasteiger partial charge in [-0.15, -0.1) is 0 Å². The number of nitrogens with zero attached hydrogens (tertiary/aromatic N) is 1. The summed E-state index contributed by atoms with van der Waals surface area (Å²) in [5.41, 5.74) is -0.000313. The van der Waals surface area contributed by atoms with E-state index >= 15 is 0 Å². The number of hydrogen-bond donors (Lipinski definition) is 1. The predicted molar refractivity (Wildman–Crippen MR) is 71.3 cm³/mol. The number of halogens is 1. The Labute approximate surface area is 118 Å². The van der Waals surface area contributed by atoms with Gasteiger partial charge in [-0.05, 0) is 30.7 Å². The van der Waals surface area contributed by atoms with E-state index < -0.39 is 22.3 Å². The summed E-state index contributed by atoms with van der Waals surface area (Å²) in [5.74, 6) is -2.07. The van der Waals surface area contributed by atoms with E-state index in [9.17, 15) is 19.3 Å². The molecule has 2 rings (SSSR count). The van der Waals surface area contributed by atoms with Gasteiger partial charge in [-0.25, -0.2) is 9.18 Å². The Balaban J connectivity index is 2.34. The molecule has 0 amide bonds. The average Bonchev–Trinajstić information content (AvgIpc) is 2.40. The first-order chi connectivity index (χ1) is 9.88. The van der Waals surface area contributed by atoms with Crippen molar-refractivity contribution in [2.75, 3.05) is 0 Å². The van der Waals surface area contributed by atoms with Gasteiger partial charge < -0.3 is 9.84 Å². The van der Waals surface area contributed by atoms with Crippen LogP contribution in [0.15, 0.2) is 36.4 Å². The molecule has 2 aromatic rings. The molecule has 0 aliphatic rings. The molecule has 1 N–H and O–H groups in total. The maximum atomic E-state index is 13.5. The van der Waals surface area contributed by atoms with Gasteiger partial charge in [0.05, 0.1) is 16.6 Å². The number of nitro benzene ring substituents is 1. The van der Waals surface area contributed by atoms with E-state index in [1.54, 1.807) is 6.92 Å². The van der Waals surface area contributed by atoms with Gasteiger partial charge in [0.2, 0.25) is 0 Å². The molecule has 0 aliphatic heterocycles. The van der Waals surface area contributed by atoms with Crippen molar-refractivity contribution in [2.45, 2.75) is 6.92 Å². The summed E-state index contributed by atoms with van der Waals surface area (Å²) in [6, 6.07) is 7.33. The molecule has 6 nitrogen and oxygen atoms in total. The minimum absolute atomic E-state index is 0.0566. The third-order valence-corrected chi connectivity index (χ3v) is 2.78. The van der Waals surface area contributed by atoms with Crippen LogP contribution in [-0.2, 0) is 0 Å². The largest absolute Gasteiger partial charge is 0.478 e. The van der Waals surface area contributed by atoms with Crippen LogP contribution in [0, 0.1) is 22.9 Å². The molecule has 0 bridgehead atoms. The van der Waals surface area contributed by atoms with Crippen LogP contribution in [0.1, 0.15) is 15.9 Å². The van der Waals surface area contributed by atoms with Gasteiger partial charge in [-0.3, -0.25) is 10.1 Å². The van der Waals surface area contributed by atoms with Crippen molar-refractivity contribution in [1.29, 1.82) is 0 Å². The fourth-order valence-corrected chi connectivity index (χ4v) is 1.67. The van der Waals surface area contributed by atoms with Gasteiger partial charge in [0.1, 0.15) is 17.3 Å². The monoisotopic (exact) mass is 291 g/mol. The molecule has 0 radical (unpaired) electrons. The highest BCUT2D eigenvalue weighted by molar-refractivity contribution is 5.88. The number of benzene rings is 2. The number of non-ortho nitro benzene ring substituents is 1. The summed E-state index contributed by atoms with van der Waals surface area (Å²) in [4.78, 5) is 20.9. The summed E-state index contributed by atoms with van der Waals surface area (Å²) in [7, 11) is 0. The molecular weight excluding hydrogens is 281 g/mol. The number of carboxylic acids is 1. The van der Waals surface area contributed by atoms with Crippen LogP contribution in [0.5, 0.6) is 11.5 Å². The smallest absolute Gasteiger partial charge is 0.338 e. The van der Waals surface area contributed by atoms with Gasteiger partial charge in [0.15, 0.2) is 0 Å². The Morgan fingerprint density at radius 2 is 2.00 bits per heavy atom. The molecule has 0 saturated heterocycles. The van der Waals surface area contributed by atoms with E-state index in [1.165, 1.54) is 24.3 Å². The van der Waals surface area contributed by atoms with Gasteiger partial charge in [-0.1, -0.05) is 0 Å². The van der Waals surface area contributed by atoms with E-state index in [0.29, 0.717) is 5.56 Å². The number of carboxylic acid groups (broad SMARTS) is 1. The highest BCUT2D eigenvalue weighted by Crippen LogP contribution is 2.29. The van der Waals surface area contributed by atoms with Crippen LogP contribution in [0.3, 0.4) is 0 Å². The minimum Gasteiger partial charge on any atom is -0.478 e. The maximum absolute atomic E-state index is 13.5. The van der Waals surface area contributed by atoms with E-state index in [0.717, 1.165) is 12.1 Å². The molecule has 0 saturated carbocycles. The lowest BCUT2D eigenvalue weighted by Gasteiger charge is -2.09. The molecule has 0 spiro atoms. The van der Waals surface area contributed by atoms with Crippen molar-refractivity contribution in [3.8, 4) is 11.5 Å². The quantitative estimate of drug-likeness (QED) is 0.687. The normalized spacial score (nSPS) is 10.2. The summed E-state index contributed by atoms with van der Waals surface area (Å²) >= 11 is 0. The second-order valence-corrected chi connectivity index (χ2v) is 4.26. The average molecular weight is 291 g/mol. The van der Waals surface area contributed by atoms with Crippen LogP contribution in [0.2, 0.25) is 0 Å². The van der Waals surface area contributed by atoms with Crippen LogP contribution in [0.4, 0.5) is 10.1 Å². The number of aromatic carboxylic acids is 1. The SMILES string of the molecule is Cc1ccc([N+](=O)[O-])cc1Oc1ccc(C(=O)O)c(F)c1.